The first-order valence-corrected chi connectivity index (χ1v) is 15.4. The Labute approximate surface area is 218 Å². The van der Waals surface area contributed by atoms with Gasteiger partial charge in [0.15, 0.2) is 17.5 Å². The Morgan fingerprint density at radius 1 is 1.16 bits per heavy atom. The normalized spacial score (nSPS) is 29.4. The van der Waals surface area contributed by atoms with E-state index in [0.717, 1.165) is 37.8 Å². The molecule has 4 aliphatic rings. The number of sulfonamides is 2. The number of rotatable bonds is 5. The summed E-state index contributed by atoms with van der Waals surface area (Å²) in [7, 11) is -8.10. The molecule has 2 saturated carbocycles. The minimum absolute atomic E-state index is 0.0737. The quantitative estimate of drug-likeness (QED) is 0.523. The SMILES string of the molecule is CS(=O)(=O)Nc1cnc2c(c1)S(=O)(=O)N=C(C1C(=O)C3C([C@@H]4CC[C@H]3C4)N(Cc3ccc(F)cc3)C1=O)N2. The number of Topliss-reactive ketones (excluding diaryl/α,β-unsaturated/α-hetero) is 1. The predicted molar refractivity (Wildman–Crippen MR) is 135 cm³/mol. The summed E-state index contributed by atoms with van der Waals surface area (Å²) in [4.78, 5) is 32.9. The number of amidine groups is 1. The Morgan fingerprint density at radius 2 is 1.87 bits per heavy atom. The Balaban J connectivity index is 1.37. The zero-order valence-electron chi connectivity index (χ0n) is 20.2. The summed E-state index contributed by atoms with van der Waals surface area (Å²) in [6.45, 7) is 0.155. The van der Waals surface area contributed by atoms with Crippen LogP contribution in [0.3, 0.4) is 0 Å². The average molecular weight is 562 g/mol. The van der Waals surface area contributed by atoms with Crippen LogP contribution in [0, 0.1) is 29.5 Å². The van der Waals surface area contributed by atoms with Gasteiger partial charge in [0.25, 0.3) is 10.0 Å². The van der Waals surface area contributed by atoms with Gasteiger partial charge in [-0.25, -0.2) is 17.8 Å². The van der Waals surface area contributed by atoms with Crippen molar-refractivity contribution in [2.75, 3.05) is 16.3 Å². The molecule has 2 aromatic rings. The van der Waals surface area contributed by atoms with Crippen LogP contribution in [0.15, 0.2) is 45.8 Å². The smallest absolute Gasteiger partial charge is 0.287 e. The second kappa shape index (κ2) is 8.56. The molecule has 6 rings (SSSR count). The van der Waals surface area contributed by atoms with Crippen LogP contribution < -0.4 is 10.0 Å². The fourth-order valence-electron chi connectivity index (χ4n) is 6.41. The molecule has 2 bridgehead atoms. The first-order chi connectivity index (χ1) is 17.9. The summed E-state index contributed by atoms with van der Waals surface area (Å²) in [6.07, 6.45) is 4.63. The number of anilines is 2. The molecule has 2 aliphatic carbocycles. The third-order valence-electron chi connectivity index (χ3n) is 7.81. The standard InChI is InChI=1S/C24H24FN5O6S2/c1-37(33,34)28-16-9-17-22(26-10-16)27-23(29-38(17,35)36)19-21(31)18-13-4-5-14(8-13)20(18)30(24(19)32)11-12-2-6-15(25)7-3-12/h2-3,6-7,9-10,13-14,18-20,28H,4-5,8,11H2,1H3,(H,26,27,29)/t13-,14+,18?,19?,20?/m0/s1. The number of likely N-dealkylation sites (tertiary alicyclic amines) is 1. The number of fused-ring (bicyclic) bond motifs is 6. The van der Waals surface area contributed by atoms with Gasteiger partial charge in [-0.2, -0.15) is 8.42 Å². The molecule has 2 N–H and O–H groups in total. The van der Waals surface area contributed by atoms with E-state index in [1.165, 1.54) is 12.1 Å². The molecule has 14 heteroatoms. The number of hydrogen-bond acceptors (Lipinski definition) is 8. The van der Waals surface area contributed by atoms with Crippen molar-refractivity contribution in [3.63, 3.8) is 0 Å². The molecule has 1 aromatic heterocycles. The lowest BCUT2D eigenvalue weighted by Gasteiger charge is -2.45. The zero-order chi connectivity index (χ0) is 27.0. The number of halogens is 1. The van der Waals surface area contributed by atoms with Crippen LogP contribution in [0.4, 0.5) is 15.9 Å². The second-order valence-corrected chi connectivity index (χ2v) is 13.6. The first-order valence-electron chi connectivity index (χ1n) is 12.1. The van der Waals surface area contributed by atoms with E-state index in [1.54, 1.807) is 17.0 Å². The highest BCUT2D eigenvalue weighted by atomic mass is 32.2. The van der Waals surface area contributed by atoms with E-state index >= 15 is 0 Å². The molecule has 38 heavy (non-hydrogen) atoms. The number of piperidine rings is 1. The van der Waals surface area contributed by atoms with Crippen molar-refractivity contribution < 1.29 is 30.8 Å². The Hall–Kier alpha value is -3.39. The van der Waals surface area contributed by atoms with Gasteiger partial charge in [-0.05, 0) is 54.9 Å². The molecule has 3 heterocycles. The number of amides is 1. The minimum atomic E-state index is -4.42. The fourth-order valence-corrected chi connectivity index (χ4v) is 8.08. The molecule has 0 spiro atoms. The molecular weight excluding hydrogens is 537 g/mol. The topological polar surface area (TPSA) is 155 Å². The number of carbonyl (C=O) groups is 2. The van der Waals surface area contributed by atoms with Crippen molar-refractivity contribution >= 4 is 49.1 Å². The lowest BCUT2D eigenvalue weighted by molar-refractivity contribution is -0.153. The van der Waals surface area contributed by atoms with E-state index in [4.69, 9.17) is 0 Å². The molecule has 1 saturated heterocycles. The molecule has 1 amide bonds. The maximum absolute atomic E-state index is 13.9. The van der Waals surface area contributed by atoms with E-state index in [2.05, 4.69) is 19.4 Å². The van der Waals surface area contributed by atoms with E-state index in [1.807, 2.05) is 0 Å². The third-order valence-corrected chi connectivity index (χ3v) is 9.72. The van der Waals surface area contributed by atoms with E-state index in [9.17, 15) is 30.8 Å². The summed E-state index contributed by atoms with van der Waals surface area (Å²) in [5, 5.41) is 2.75. The van der Waals surface area contributed by atoms with Crippen LogP contribution in [0.25, 0.3) is 0 Å². The molecule has 11 nitrogen and oxygen atoms in total. The van der Waals surface area contributed by atoms with Gasteiger partial charge >= 0.3 is 0 Å². The summed E-state index contributed by atoms with van der Waals surface area (Å²) in [6, 6.07) is 6.55. The number of nitrogens with one attached hydrogen (secondary N) is 2. The van der Waals surface area contributed by atoms with Crippen LogP contribution in [0.2, 0.25) is 0 Å². The highest BCUT2D eigenvalue weighted by Gasteiger charge is 2.60. The monoisotopic (exact) mass is 561 g/mol. The van der Waals surface area contributed by atoms with Gasteiger partial charge in [-0.1, -0.05) is 12.1 Å². The number of ketones is 1. The summed E-state index contributed by atoms with van der Waals surface area (Å²) in [5.74, 6) is -3.45. The Morgan fingerprint density at radius 3 is 2.58 bits per heavy atom. The number of pyridine rings is 1. The van der Waals surface area contributed by atoms with Crippen LogP contribution in [0.5, 0.6) is 0 Å². The van der Waals surface area contributed by atoms with E-state index in [0.29, 0.717) is 5.56 Å². The van der Waals surface area contributed by atoms with Crippen LogP contribution in [0.1, 0.15) is 24.8 Å². The van der Waals surface area contributed by atoms with Crippen molar-refractivity contribution in [3.05, 3.63) is 47.9 Å². The number of nitrogens with zero attached hydrogens (tertiary/aromatic N) is 3. The Kier molecular flexibility index (Phi) is 5.61. The maximum Gasteiger partial charge on any atom is 0.287 e. The fraction of sp³-hybridized carbons (Fsp3) is 0.417. The van der Waals surface area contributed by atoms with Gasteiger partial charge in [-0.15, -0.1) is 4.40 Å². The van der Waals surface area contributed by atoms with Gasteiger partial charge in [0.05, 0.1) is 18.1 Å². The number of carbonyl (C=O) groups excluding carboxylic acids is 2. The molecule has 5 atom stereocenters. The lowest BCUT2D eigenvalue weighted by atomic mass is 9.73. The van der Waals surface area contributed by atoms with Crippen molar-refractivity contribution in [1.29, 1.82) is 0 Å². The van der Waals surface area contributed by atoms with Gasteiger partial charge in [0, 0.05) is 18.5 Å². The predicted octanol–water partition coefficient (Wildman–Crippen LogP) is 1.75. The van der Waals surface area contributed by atoms with E-state index < -0.39 is 43.6 Å². The highest BCUT2D eigenvalue weighted by Crippen LogP contribution is 2.54. The maximum atomic E-state index is 13.9. The minimum Gasteiger partial charge on any atom is -0.333 e. The average Bonchev–Trinajstić information content (AvgIpc) is 3.45. The number of hydrogen-bond donors (Lipinski definition) is 2. The summed E-state index contributed by atoms with van der Waals surface area (Å²) in [5.41, 5.74) is 0.619. The zero-order valence-corrected chi connectivity index (χ0v) is 21.8. The highest BCUT2D eigenvalue weighted by molar-refractivity contribution is 7.92. The largest absolute Gasteiger partial charge is 0.333 e. The lowest BCUT2D eigenvalue weighted by Crippen LogP contribution is -2.61. The summed E-state index contributed by atoms with van der Waals surface area (Å²) < 4.78 is 68.8. The van der Waals surface area contributed by atoms with Crippen molar-refractivity contribution in [1.82, 2.24) is 9.88 Å². The van der Waals surface area contributed by atoms with Crippen molar-refractivity contribution in [2.24, 2.45) is 28.1 Å². The molecule has 1 aromatic carbocycles. The van der Waals surface area contributed by atoms with Crippen molar-refractivity contribution in [2.45, 2.75) is 36.7 Å². The van der Waals surface area contributed by atoms with Gasteiger partial charge < -0.3 is 10.2 Å². The number of benzene rings is 1. The van der Waals surface area contributed by atoms with Gasteiger partial charge in [0.2, 0.25) is 15.9 Å². The van der Waals surface area contributed by atoms with Crippen molar-refractivity contribution in [3.8, 4) is 0 Å². The first kappa shape index (κ1) is 24.9. The molecule has 200 valence electrons. The summed E-state index contributed by atoms with van der Waals surface area (Å²) >= 11 is 0. The molecule has 0 radical (unpaired) electrons. The third kappa shape index (κ3) is 4.15. The van der Waals surface area contributed by atoms with Crippen LogP contribution in [-0.2, 0) is 36.2 Å². The second-order valence-electron chi connectivity index (χ2n) is 10.3. The van der Waals surface area contributed by atoms with Crippen LogP contribution >= 0.6 is 0 Å². The number of aromatic nitrogens is 1. The van der Waals surface area contributed by atoms with Gasteiger partial charge in [0.1, 0.15) is 16.5 Å². The van der Waals surface area contributed by atoms with Gasteiger partial charge in [-0.3, -0.25) is 14.3 Å². The Bertz CT molecular complexity index is 1610. The molecule has 3 unspecified atom stereocenters. The van der Waals surface area contributed by atoms with Crippen LogP contribution in [-0.4, -0.2) is 56.5 Å². The van der Waals surface area contributed by atoms with E-state index in [-0.39, 0.29) is 52.4 Å². The molecule has 3 fully saturated rings. The molecular formula is C24H24FN5O6S2. The molecule has 2 aliphatic heterocycles.